The van der Waals surface area contributed by atoms with Crippen LogP contribution in [-0.2, 0) is 4.74 Å². The van der Waals surface area contributed by atoms with Gasteiger partial charge in [-0.1, -0.05) is 0 Å². The molecule has 0 bridgehead atoms. The number of rotatable bonds is 5. The lowest BCUT2D eigenvalue weighted by molar-refractivity contribution is 0.0520. The van der Waals surface area contributed by atoms with Crippen LogP contribution in [0.4, 0.5) is 4.79 Å². The van der Waals surface area contributed by atoms with Gasteiger partial charge in [0, 0.05) is 11.9 Å². The van der Waals surface area contributed by atoms with Crippen molar-refractivity contribution < 1.29 is 14.3 Å². The SMILES string of the molecule is CC(C)(C)OC(=O)NCCOc1ccc(-n2cnc(Br)c2)cc1. The number of ether oxygens (including phenoxy) is 2. The molecule has 2 aromatic rings. The van der Waals surface area contributed by atoms with Crippen molar-refractivity contribution in [3.05, 3.63) is 41.4 Å². The lowest BCUT2D eigenvalue weighted by Gasteiger charge is -2.19. The van der Waals surface area contributed by atoms with Crippen LogP contribution in [-0.4, -0.2) is 34.4 Å². The maximum Gasteiger partial charge on any atom is 0.407 e. The summed E-state index contributed by atoms with van der Waals surface area (Å²) >= 11 is 3.31. The number of imidazole rings is 1. The number of carbonyl (C=O) groups excluding carboxylic acids is 1. The first-order chi connectivity index (χ1) is 10.8. The molecule has 1 amide bonds. The summed E-state index contributed by atoms with van der Waals surface area (Å²) in [5.74, 6) is 0.735. The molecule has 0 radical (unpaired) electrons. The molecular formula is C16H20BrN3O3. The molecule has 0 spiro atoms. The largest absolute Gasteiger partial charge is 0.492 e. The summed E-state index contributed by atoms with van der Waals surface area (Å²) in [7, 11) is 0. The number of hydrogen-bond donors (Lipinski definition) is 1. The normalized spacial score (nSPS) is 11.1. The highest BCUT2D eigenvalue weighted by Crippen LogP contribution is 2.16. The monoisotopic (exact) mass is 381 g/mol. The number of benzene rings is 1. The van der Waals surface area contributed by atoms with E-state index in [-0.39, 0.29) is 0 Å². The minimum absolute atomic E-state index is 0.370. The Labute approximate surface area is 143 Å². The van der Waals surface area contributed by atoms with Crippen LogP contribution < -0.4 is 10.1 Å². The van der Waals surface area contributed by atoms with Crippen LogP contribution in [0.2, 0.25) is 0 Å². The highest BCUT2D eigenvalue weighted by molar-refractivity contribution is 9.10. The zero-order valence-electron chi connectivity index (χ0n) is 13.4. The number of nitrogens with one attached hydrogen (secondary N) is 1. The number of hydrogen-bond acceptors (Lipinski definition) is 4. The summed E-state index contributed by atoms with van der Waals surface area (Å²) in [5.41, 5.74) is 0.491. The molecule has 1 aromatic carbocycles. The lowest BCUT2D eigenvalue weighted by Crippen LogP contribution is -2.34. The van der Waals surface area contributed by atoms with Gasteiger partial charge in [0.25, 0.3) is 0 Å². The van der Waals surface area contributed by atoms with Crippen molar-refractivity contribution in [3.8, 4) is 11.4 Å². The van der Waals surface area contributed by atoms with E-state index in [0.29, 0.717) is 13.2 Å². The molecule has 0 saturated carbocycles. The molecule has 0 saturated heterocycles. The molecule has 7 heteroatoms. The standard InChI is InChI=1S/C16H20BrN3O3/c1-16(2,3)23-15(21)18-8-9-22-13-6-4-12(5-7-13)20-10-14(17)19-11-20/h4-7,10-11H,8-9H2,1-3H3,(H,18,21). The number of nitrogens with zero attached hydrogens (tertiary/aromatic N) is 2. The van der Waals surface area contributed by atoms with Gasteiger partial charge in [0.2, 0.25) is 0 Å². The summed E-state index contributed by atoms with van der Waals surface area (Å²) < 4.78 is 13.4. The minimum atomic E-state index is -0.497. The summed E-state index contributed by atoms with van der Waals surface area (Å²) in [6.45, 7) is 6.22. The fourth-order valence-electron chi connectivity index (χ4n) is 1.79. The van der Waals surface area contributed by atoms with Crippen molar-refractivity contribution in [2.24, 2.45) is 0 Å². The van der Waals surface area contributed by atoms with E-state index in [1.165, 1.54) is 0 Å². The van der Waals surface area contributed by atoms with E-state index in [1.807, 2.05) is 55.8 Å². The van der Waals surface area contributed by atoms with Crippen molar-refractivity contribution in [1.82, 2.24) is 14.9 Å². The molecule has 1 heterocycles. The van der Waals surface area contributed by atoms with E-state index < -0.39 is 11.7 Å². The van der Waals surface area contributed by atoms with Gasteiger partial charge in [0.15, 0.2) is 0 Å². The van der Waals surface area contributed by atoms with E-state index >= 15 is 0 Å². The van der Waals surface area contributed by atoms with Crippen molar-refractivity contribution in [2.45, 2.75) is 26.4 Å². The first-order valence-electron chi connectivity index (χ1n) is 7.23. The van der Waals surface area contributed by atoms with Crippen LogP contribution in [0, 0.1) is 0 Å². The first kappa shape index (κ1) is 17.3. The van der Waals surface area contributed by atoms with E-state index in [2.05, 4.69) is 26.2 Å². The minimum Gasteiger partial charge on any atom is -0.492 e. The molecule has 1 aromatic heterocycles. The quantitative estimate of drug-likeness (QED) is 0.804. The molecule has 23 heavy (non-hydrogen) atoms. The van der Waals surface area contributed by atoms with Crippen LogP contribution in [0.25, 0.3) is 5.69 Å². The molecule has 0 aliphatic heterocycles. The fraction of sp³-hybridized carbons (Fsp3) is 0.375. The second kappa shape index (κ2) is 7.50. The average Bonchev–Trinajstić information content (AvgIpc) is 2.89. The number of halogens is 1. The third-order valence-corrected chi connectivity index (χ3v) is 3.13. The first-order valence-corrected chi connectivity index (χ1v) is 8.02. The summed E-state index contributed by atoms with van der Waals surface area (Å²) in [4.78, 5) is 15.6. The van der Waals surface area contributed by atoms with Crippen LogP contribution in [0.1, 0.15) is 20.8 Å². The van der Waals surface area contributed by atoms with Crippen LogP contribution >= 0.6 is 15.9 Å². The lowest BCUT2D eigenvalue weighted by atomic mass is 10.2. The Morgan fingerprint density at radius 2 is 2.00 bits per heavy atom. The van der Waals surface area contributed by atoms with Crippen LogP contribution in [0.3, 0.4) is 0 Å². The van der Waals surface area contributed by atoms with Crippen molar-refractivity contribution in [1.29, 1.82) is 0 Å². The van der Waals surface area contributed by atoms with Gasteiger partial charge in [0.1, 0.15) is 28.9 Å². The molecule has 0 aliphatic carbocycles. The van der Waals surface area contributed by atoms with Gasteiger partial charge >= 0.3 is 6.09 Å². The van der Waals surface area contributed by atoms with Gasteiger partial charge in [0.05, 0.1) is 6.54 Å². The van der Waals surface area contributed by atoms with E-state index in [4.69, 9.17) is 9.47 Å². The van der Waals surface area contributed by atoms with E-state index in [0.717, 1.165) is 16.0 Å². The Kier molecular flexibility index (Phi) is 5.65. The average molecular weight is 382 g/mol. The second-order valence-corrected chi connectivity index (χ2v) is 6.69. The van der Waals surface area contributed by atoms with E-state index in [9.17, 15) is 4.79 Å². The number of alkyl carbamates (subject to hydrolysis) is 1. The molecule has 2 rings (SSSR count). The molecule has 124 valence electrons. The van der Waals surface area contributed by atoms with Gasteiger partial charge in [-0.05, 0) is 61.0 Å². The number of carbonyl (C=O) groups is 1. The highest BCUT2D eigenvalue weighted by Gasteiger charge is 2.15. The molecule has 0 fully saturated rings. The van der Waals surface area contributed by atoms with Crippen molar-refractivity contribution in [2.75, 3.05) is 13.2 Å². The zero-order chi connectivity index (χ0) is 16.9. The third-order valence-electron chi connectivity index (χ3n) is 2.72. The molecule has 0 unspecified atom stereocenters. The fourth-order valence-corrected chi connectivity index (χ4v) is 2.10. The Hall–Kier alpha value is -2.02. The van der Waals surface area contributed by atoms with Crippen LogP contribution in [0.15, 0.2) is 41.4 Å². The Morgan fingerprint density at radius 1 is 1.30 bits per heavy atom. The van der Waals surface area contributed by atoms with E-state index in [1.54, 1.807) is 6.33 Å². The van der Waals surface area contributed by atoms with Gasteiger partial charge in [-0.2, -0.15) is 0 Å². The third kappa shape index (κ3) is 5.94. The number of aromatic nitrogens is 2. The van der Waals surface area contributed by atoms with Gasteiger partial charge in [-0.15, -0.1) is 0 Å². The maximum atomic E-state index is 11.5. The van der Waals surface area contributed by atoms with Crippen LogP contribution in [0.5, 0.6) is 5.75 Å². The Balaban J connectivity index is 1.75. The van der Waals surface area contributed by atoms with Gasteiger partial charge in [-0.3, -0.25) is 0 Å². The topological polar surface area (TPSA) is 65.4 Å². The predicted molar refractivity (Wildman–Crippen MR) is 91.0 cm³/mol. The van der Waals surface area contributed by atoms with Gasteiger partial charge in [-0.25, -0.2) is 9.78 Å². The predicted octanol–water partition coefficient (Wildman–Crippen LogP) is 3.54. The van der Waals surface area contributed by atoms with Crippen molar-refractivity contribution >= 4 is 22.0 Å². The molecular weight excluding hydrogens is 362 g/mol. The molecule has 1 N–H and O–H groups in total. The number of amides is 1. The molecule has 6 nitrogen and oxygen atoms in total. The Bertz CT molecular complexity index is 647. The van der Waals surface area contributed by atoms with Gasteiger partial charge < -0.3 is 19.4 Å². The Morgan fingerprint density at radius 3 is 2.57 bits per heavy atom. The molecule has 0 aliphatic rings. The second-order valence-electron chi connectivity index (χ2n) is 5.87. The zero-order valence-corrected chi connectivity index (χ0v) is 15.0. The smallest absolute Gasteiger partial charge is 0.407 e. The molecule has 0 atom stereocenters. The maximum absolute atomic E-state index is 11.5. The summed E-state index contributed by atoms with van der Waals surface area (Å²) in [6, 6.07) is 7.61. The summed E-state index contributed by atoms with van der Waals surface area (Å²) in [5, 5.41) is 2.65. The highest BCUT2D eigenvalue weighted by atomic mass is 79.9. The van der Waals surface area contributed by atoms with Crippen molar-refractivity contribution in [3.63, 3.8) is 0 Å². The summed E-state index contributed by atoms with van der Waals surface area (Å²) in [6.07, 6.45) is 3.16.